The topological polar surface area (TPSA) is 47.0 Å². The Bertz CT molecular complexity index is 1180. The summed E-state index contributed by atoms with van der Waals surface area (Å²) in [5.41, 5.74) is 2.82. The third-order valence-electron chi connectivity index (χ3n) is 4.47. The van der Waals surface area contributed by atoms with Gasteiger partial charge < -0.3 is 10.1 Å². The minimum absolute atomic E-state index is 0.362. The van der Waals surface area contributed by atoms with Crippen molar-refractivity contribution in [1.82, 2.24) is 9.97 Å². The molecule has 7 heteroatoms. The molecule has 0 aliphatic carbocycles. The van der Waals surface area contributed by atoms with Crippen LogP contribution in [0.25, 0.3) is 22.0 Å². The van der Waals surface area contributed by atoms with Crippen molar-refractivity contribution in [2.45, 2.75) is 6.18 Å². The van der Waals surface area contributed by atoms with Gasteiger partial charge in [-0.05, 0) is 53.6 Å². The lowest BCUT2D eigenvalue weighted by atomic mass is 10.0. The summed E-state index contributed by atoms with van der Waals surface area (Å²) < 4.78 is 44.3. The number of hydrogen-bond donors (Lipinski definition) is 1. The van der Waals surface area contributed by atoms with Crippen LogP contribution in [-0.2, 0) is 6.18 Å². The van der Waals surface area contributed by atoms with Crippen LogP contribution < -0.4 is 10.1 Å². The third kappa shape index (κ3) is 3.99. The second-order valence-electron chi connectivity index (χ2n) is 6.42. The maximum atomic E-state index is 12.9. The van der Waals surface area contributed by atoms with Gasteiger partial charge in [-0.3, -0.25) is 0 Å². The van der Waals surface area contributed by atoms with E-state index in [1.54, 1.807) is 25.4 Å². The van der Waals surface area contributed by atoms with Gasteiger partial charge in [0.25, 0.3) is 0 Å². The molecule has 0 unspecified atom stereocenters. The zero-order valence-electron chi connectivity index (χ0n) is 15.4. The van der Waals surface area contributed by atoms with Crippen LogP contribution in [0.1, 0.15) is 5.56 Å². The van der Waals surface area contributed by atoms with Crippen LogP contribution in [0, 0.1) is 0 Å². The molecule has 29 heavy (non-hydrogen) atoms. The number of halogens is 3. The number of nitrogens with one attached hydrogen (secondary N) is 1. The number of anilines is 2. The van der Waals surface area contributed by atoms with E-state index in [2.05, 4.69) is 15.3 Å². The average molecular weight is 395 g/mol. The van der Waals surface area contributed by atoms with Gasteiger partial charge in [-0.15, -0.1) is 0 Å². The lowest BCUT2D eigenvalue weighted by molar-refractivity contribution is -0.137. The van der Waals surface area contributed by atoms with E-state index in [0.717, 1.165) is 28.6 Å². The van der Waals surface area contributed by atoms with Gasteiger partial charge in [-0.2, -0.15) is 13.2 Å². The Morgan fingerprint density at radius 2 is 1.66 bits per heavy atom. The smallest absolute Gasteiger partial charge is 0.416 e. The molecule has 4 aromatic rings. The predicted octanol–water partition coefficient (Wildman–Crippen LogP) is 6.07. The summed E-state index contributed by atoms with van der Waals surface area (Å²) in [6, 6.07) is 16.3. The molecule has 0 fully saturated rings. The largest absolute Gasteiger partial charge is 0.494 e. The molecule has 4 nitrogen and oxygen atoms in total. The summed E-state index contributed by atoms with van der Waals surface area (Å²) in [6.07, 6.45) is -1.22. The standard InChI is InChI=1S/C22H16F3N3O/c1-29-20-10-15(8-16-12-26-13-27-21(16)20)14-4-2-6-18(9-14)28-19-7-3-5-17(11-19)22(23,24)25/h2-13,28H,1H3. The Labute approximate surface area is 165 Å². The van der Waals surface area contributed by atoms with Gasteiger partial charge in [0.15, 0.2) is 0 Å². The van der Waals surface area contributed by atoms with Gasteiger partial charge in [-0.1, -0.05) is 18.2 Å². The van der Waals surface area contributed by atoms with E-state index in [9.17, 15) is 13.2 Å². The number of benzene rings is 3. The monoisotopic (exact) mass is 395 g/mol. The van der Waals surface area contributed by atoms with Crippen molar-refractivity contribution in [2.24, 2.45) is 0 Å². The first-order chi connectivity index (χ1) is 13.9. The van der Waals surface area contributed by atoms with Crippen LogP contribution in [0.15, 0.2) is 73.2 Å². The molecule has 0 saturated carbocycles. The molecule has 4 rings (SSSR count). The lowest BCUT2D eigenvalue weighted by Gasteiger charge is -2.12. The van der Waals surface area contributed by atoms with Crippen molar-refractivity contribution < 1.29 is 17.9 Å². The zero-order valence-corrected chi connectivity index (χ0v) is 15.4. The number of alkyl halides is 3. The summed E-state index contributed by atoms with van der Waals surface area (Å²) in [4.78, 5) is 8.30. The second-order valence-corrected chi connectivity index (χ2v) is 6.42. The van der Waals surface area contributed by atoms with Crippen LogP contribution in [0.2, 0.25) is 0 Å². The molecule has 1 N–H and O–H groups in total. The molecule has 3 aromatic carbocycles. The molecule has 0 radical (unpaired) electrons. The quantitative estimate of drug-likeness (QED) is 0.456. The van der Waals surface area contributed by atoms with E-state index in [1.165, 1.54) is 12.4 Å². The summed E-state index contributed by atoms with van der Waals surface area (Å²) in [7, 11) is 1.58. The van der Waals surface area contributed by atoms with Gasteiger partial charge in [0.1, 0.15) is 17.6 Å². The fraction of sp³-hybridized carbons (Fsp3) is 0.0909. The number of ether oxygens (including phenoxy) is 1. The summed E-state index contributed by atoms with van der Waals surface area (Å²) in [5, 5.41) is 3.87. The number of aromatic nitrogens is 2. The van der Waals surface area contributed by atoms with E-state index < -0.39 is 11.7 Å². The molecule has 1 aromatic heterocycles. The van der Waals surface area contributed by atoms with Gasteiger partial charge in [-0.25, -0.2) is 9.97 Å². The highest BCUT2D eigenvalue weighted by Crippen LogP contribution is 2.34. The van der Waals surface area contributed by atoms with E-state index in [1.807, 2.05) is 30.3 Å². The maximum absolute atomic E-state index is 12.9. The highest BCUT2D eigenvalue weighted by atomic mass is 19.4. The fourth-order valence-electron chi connectivity index (χ4n) is 3.11. The number of nitrogens with zero attached hydrogens (tertiary/aromatic N) is 2. The number of fused-ring (bicyclic) bond motifs is 1. The van der Waals surface area contributed by atoms with Gasteiger partial charge >= 0.3 is 6.18 Å². The minimum atomic E-state index is -4.39. The first-order valence-corrected chi connectivity index (χ1v) is 8.76. The lowest BCUT2D eigenvalue weighted by Crippen LogP contribution is -2.05. The van der Waals surface area contributed by atoms with Crippen LogP contribution in [0.3, 0.4) is 0 Å². The fourth-order valence-corrected chi connectivity index (χ4v) is 3.11. The minimum Gasteiger partial charge on any atom is -0.494 e. The van der Waals surface area contributed by atoms with E-state index in [-0.39, 0.29) is 0 Å². The zero-order chi connectivity index (χ0) is 20.4. The normalized spacial score (nSPS) is 11.4. The molecule has 0 aliphatic heterocycles. The average Bonchev–Trinajstić information content (AvgIpc) is 2.72. The van der Waals surface area contributed by atoms with Crippen molar-refractivity contribution in [1.29, 1.82) is 0 Å². The maximum Gasteiger partial charge on any atom is 0.416 e. The Kier molecular flexibility index (Phi) is 4.80. The summed E-state index contributed by atoms with van der Waals surface area (Å²) >= 11 is 0. The van der Waals surface area contributed by atoms with Gasteiger partial charge in [0.05, 0.1) is 12.7 Å². The Morgan fingerprint density at radius 1 is 0.897 bits per heavy atom. The molecule has 0 aliphatic rings. The first-order valence-electron chi connectivity index (χ1n) is 8.76. The molecule has 0 bridgehead atoms. The molecular weight excluding hydrogens is 379 g/mol. The summed E-state index contributed by atoms with van der Waals surface area (Å²) in [6.45, 7) is 0. The molecule has 1 heterocycles. The van der Waals surface area contributed by atoms with E-state index >= 15 is 0 Å². The number of methoxy groups -OCH3 is 1. The Balaban J connectivity index is 1.69. The second kappa shape index (κ2) is 7.43. The number of rotatable bonds is 4. The van der Waals surface area contributed by atoms with Gasteiger partial charge in [0.2, 0.25) is 0 Å². The van der Waals surface area contributed by atoms with Gasteiger partial charge in [0, 0.05) is 23.0 Å². The Hall–Kier alpha value is -3.61. The van der Waals surface area contributed by atoms with Crippen molar-refractivity contribution >= 4 is 22.3 Å². The van der Waals surface area contributed by atoms with Crippen molar-refractivity contribution in [3.63, 3.8) is 0 Å². The van der Waals surface area contributed by atoms with Crippen LogP contribution in [-0.4, -0.2) is 17.1 Å². The first kappa shape index (κ1) is 18.7. The molecule has 0 amide bonds. The summed E-state index contributed by atoms with van der Waals surface area (Å²) in [5.74, 6) is 0.621. The molecule has 146 valence electrons. The van der Waals surface area contributed by atoms with E-state index in [0.29, 0.717) is 22.6 Å². The molecule has 0 atom stereocenters. The molecule has 0 saturated heterocycles. The predicted molar refractivity (Wildman–Crippen MR) is 106 cm³/mol. The van der Waals surface area contributed by atoms with Crippen molar-refractivity contribution in [3.8, 4) is 16.9 Å². The highest BCUT2D eigenvalue weighted by molar-refractivity contribution is 5.89. The molecular formula is C22H16F3N3O. The highest BCUT2D eigenvalue weighted by Gasteiger charge is 2.30. The van der Waals surface area contributed by atoms with E-state index in [4.69, 9.17) is 4.74 Å². The van der Waals surface area contributed by atoms with Crippen molar-refractivity contribution in [2.75, 3.05) is 12.4 Å². The van der Waals surface area contributed by atoms with Crippen LogP contribution in [0.4, 0.5) is 24.5 Å². The Morgan fingerprint density at radius 3 is 2.41 bits per heavy atom. The van der Waals surface area contributed by atoms with Crippen LogP contribution in [0.5, 0.6) is 5.75 Å². The third-order valence-corrected chi connectivity index (χ3v) is 4.47. The molecule has 0 spiro atoms. The van der Waals surface area contributed by atoms with Crippen LogP contribution >= 0.6 is 0 Å². The number of hydrogen-bond acceptors (Lipinski definition) is 4. The van der Waals surface area contributed by atoms with Crippen molar-refractivity contribution in [3.05, 3.63) is 78.8 Å². The SMILES string of the molecule is COc1cc(-c2cccc(Nc3cccc(C(F)(F)F)c3)c2)cc2cncnc12.